The fourth-order valence-corrected chi connectivity index (χ4v) is 2.36. The lowest BCUT2D eigenvalue weighted by atomic mass is 10.3. The van der Waals surface area contributed by atoms with Crippen molar-refractivity contribution < 1.29 is 9.32 Å². The van der Waals surface area contributed by atoms with Crippen LogP contribution in [-0.2, 0) is 11.3 Å². The van der Waals surface area contributed by atoms with Crippen molar-refractivity contribution in [2.75, 3.05) is 26.2 Å². The van der Waals surface area contributed by atoms with E-state index in [9.17, 15) is 4.79 Å². The van der Waals surface area contributed by atoms with Crippen LogP contribution in [0, 0.1) is 6.92 Å². The van der Waals surface area contributed by atoms with Crippen molar-refractivity contribution in [2.24, 2.45) is 0 Å². The van der Waals surface area contributed by atoms with Crippen molar-refractivity contribution in [1.29, 1.82) is 0 Å². The van der Waals surface area contributed by atoms with Crippen molar-refractivity contribution in [2.45, 2.75) is 39.7 Å². The number of hydrogen-bond acceptors (Lipinski definition) is 5. The smallest absolute Gasteiger partial charge is 0.223 e. The summed E-state index contributed by atoms with van der Waals surface area (Å²) in [5.41, 5.74) is 0. The summed E-state index contributed by atoms with van der Waals surface area (Å²) in [6, 6.07) is 0. The van der Waals surface area contributed by atoms with Crippen LogP contribution in [0.25, 0.3) is 0 Å². The van der Waals surface area contributed by atoms with E-state index in [2.05, 4.69) is 15.0 Å². The van der Waals surface area contributed by atoms with Crippen LogP contribution in [0.1, 0.15) is 37.9 Å². The average molecular weight is 266 g/mol. The molecule has 0 unspecified atom stereocenters. The Balaban J connectivity index is 1.84. The van der Waals surface area contributed by atoms with Gasteiger partial charge >= 0.3 is 0 Å². The van der Waals surface area contributed by atoms with Crippen molar-refractivity contribution in [3.8, 4) is 0 Å². The Bertz CT molecular complexity index is 419. The number of nitrogens with zero attached hydrogens (tertiary/aromatic N) is 4. The van der Waals surface area contributed by atoms with Crippen LogP contribution in [0.5, 0.6) is 0 Å². The van der Waals surface area contributed by atoms with Crippen LogP contribution in [0.3, 0.4) is 0 Å². The van der Waals surface area contributed by atoms with Gasteiger partial charge in [0, 0.05) is 39.5 Å². The van der Waals surface area contributed by atoms with Gasteiger partial charge in [0.2, 0.25) is 11.8 Å². The van der Waals surface area contributed by atoms with Gasteiger partial charge in [0.25, 0.3) is 0 Å². The van der Waals surface area contributed by atoms with Crippen molar-refractivity contribution in [3.05, 3.63) is 11.7 Å². The molecule has 6 nitrogen and oxygen atoms in total. The minimum Gasteiger partial charge on any atom is -0.341 e. The van der Waals surface area contributed by atoms with E-state index in [1.54, 1.807) is 6.92 Å². The quantitative estimate of drug-likeness (QED) is 0.819. The zero-order valence-corrected chi connectivity index (χ0v) is 11.8. The molecule has 0 aromatic carbocycles. The second kappa shape index (κ2) is 6.65. The maximum atomic E-state index is 11.9. The topological polar surface area (TPSA) is 62.5 Å². The Kier molecular flexibility index (Phi) is 4.90. The summed E-state index contributed by atoms with van der Waals surface area (Å²) in [4.78, 5) is 20.4. The third-order valence-electron chi connectivity index (χ3n) is 3.34. The second-order valence-electron chi connectivity index (χ2n) is 4.99. The predicted molar refractivity (Wildman–Crippen MR) is 70.4 cm³/mol. The highest BCUT2D eigenvalue weighted by atomic mass is 16.5. The van der Waals surface area contributed by atoms with Crippen LogP contribution in [-0.4, -0.2) is 52.0 Å². The zero-order chi connectivity index (χ0) is 13.7. The van der Waals surface area contributed by atoms with Gasteiger partial charge in [0.15, 0.2) is 5.82 Å². The van der Waals surface area contributed by atoms with Gasteiger partial charge in [0.1, 0.15) is 0 Å². The molecule has 0 radical (unpaired) electrons. The summed E-state index contributed by atoms with van der Waals surface area (Å²) in [5, 5.41) is 3.92. The van der Waals surface area contributed by atoms with E-state index in [1.165, 1.54) is 0 Å². The molecule has 1 fully saturated rings. The molecule has 0 N–H and O–H groups in total. The lowest BCUT2D eigenvalue weighted by molar-refractivity contribution is -0.131. The molecule has 0 saturated carbocycles. The fourth-order valence-electron chi connectivity index (χ4n) is 2.36. The Morgan fingerprint density at radius 2 is 2.16 bits per heavy atom. The highest BCUT2D eigenvalue weighted by Gasteiger charge is 2.19. The molecule has 2 rings (SSSR count). The van der Waals surface area contributed by atoms with E-state index in [-0.39, 0.29) is 5.91 Å². The van der Waals surface area contributed by atoms with Crippen molar-refractivity contribution in [3.63, 3.8) is 0 Å². The molecule has 106 valence electrons. The molecular weight excluding hydrogens is 244 g/mol. The number of aryl methyl sites for hydroxylation is 1. The first-order valence-corrected chi connectivity index (χ1v) is 6.98. The maximum Gasteiger partial charge on any atom is 0.223 e. The summed E-state index contributed by atoms with van der Waals surface area (Å²) in [5.74, 6) is 1.61. The van der Waals surface area contributed by atoms with Crippen molar-refractivity contribution in [1.82, 2.24) is 19.9 Å². The van der Waals surface area contributed by atoms with Gasteiger partial charge in [-0.15, -0.1) is 0 Å². The van der Waals surface area contributed by atoms with Crippen LogP contribution in [0.4, 0.5) is 0 Å². The van der Waals surface area contributed by atoms with Gasteiger partial charge in [-0.2, -0.15) is 4.98 Å². The molecule has 2 heterocycles. The number of hydrogen-bond donors (Lipinski definition) is 0. The summed E-state index contributed by atoms with van der Waals surface area (Å²) in [7, 11) is 0. The molecule has 1 amide bonds. The van der Waals surface area contributed by atoms with E-state index < -0.39 is 0 Å². The number of carbonyl (C=O) groups excluding carboxylic acids is 1. The Labute approximate surface area is 113 Å². The van der Waals surface area contributed by atoms with Crippen LogP contribution in [0.15, 0.2) is 4.52 Å². The van der Waals surface area contributed by atoms with Gasteiger partial charge in [-0.05, 0) is 12.8 Å². The normalized spacial score (nSPS) is 17.5. The first-order chi connectivity index (χ1) is 9.19. The first kappa shape index (κ1) is 14.0. The predicted octanol–water partition coefficient (Wildman–Crippen LogP) is 1.21. The van der Waals surface area contributed by atoms with Crippen LogP contribution >= 0.6 is 0 Å². The minimum atomic E-state index is 0.278. The van der Waals surface area contributed by atoms with Gasteiger partial charge in [-0.3, -0.25) is 9.69 Å². The molecular formula is C13H22N4O2. The molecule has 19 heavy (non-hydrogen) atoms. The number of carbonyl (C=O) groups is 1. The molecule has 6 heteroatoms. The number of amides is 1. The summed E-state index contributed by atoms with van der Waals surface area (Å²) in [6.45, 7) is 8.06. The largest absolute Gasteiger partial charge is 0.341 e. The fraction of sp³-hybridized carbons (Fsp3) is 0.769. The molecule has 1 saturated heterocycles. The molecule has 0 atom stereocenters. The van der Waals surface area contributed by atoms with Crippen LogP contribution < -0.4 is 0 Å². The van der Waals surface area contributed by atoms with Gasteiger partial charge < -0.3 is 9.42 Å². The Morgan fingerprint density at radius 3 is 2.84 bits per heavy atom. The molecule has 0 aliphatic carbocycles. The highest BCUT2D eigenvalue weighted by Crippen LogP contribution is 2.08. The van der Waals surface area contributed by atoms with E-state index >= 15 is 0 Å². The van der Waals surface area contributed by atoms with E-state index in [1.807, 2.05) is 11.8 Å². The zero-order valence-electron chi connectivity index (χ0n) is 11.8. The number of aromatic nitrogens is 2. The van der Waals surface area contributed by atoms with Crippen molar-refractivity contribution >= 4 is 5.91 Å². The molecule has 1 aliphatic heterocycles. The lowest BCUT2D eigenvalue weighted by Gasteiger charge is -2.21. The third kappa shape index (κ3) is 4.02. The highest BCUT2D eigenvalue weighted by molar-refractivity contribution is 5.76. The second-order valence-corrected chi connectivity index (χ2v) is 4.99. The standard InChI is InChI=1S/C13H22N4O2/c1-3-5-13(18)17-7-4-6-16(8-9-17)10-12-14-11(2)19-15-12/h3-10H2,1-2H3. The summed E-state index contributed by atoms with van der Waals surface area (Å²) in [6.07, 6.45) is 2.58. The lowest BCUT2D eigenvalue weighted by Crippen LogP contribution is -2.34. The summed E-state index contributed by atoms with van der Waals surface area (Å²) >= 11 is 0. The molecule has 1 aliphatic rings. The van der Waals surface area contributed by atoms with Crippen LogP contribution in [0.2, 0.25) is 0 Å². The molecule has 0 spiro atoms. The molecule has 1 aromatic rings. The average Bonchev–Trinajstić information content (AvgIpc) is 2.64. The van der Waals surface area contributed by atoms with Gasteiger partial charge in [-0.25, -0.2) is 0 Å². The Hall–Kier alpha value is -1.43. The van der Waals surface area contributed by atoms with E-state index in [0.29, 0.717) is 18.9 Å². The first-order valence-electron chi connectivity index (χ1n) is 6.98. The SMILES string of the molecule is CCCC(=O)N1CCCN(Cc2noc(C)n2)CC1. The Morgan fingerprint density at radius 1 is 1.32 bits per heavy atom. The maximum absolute atomic E-state index is 11.9. The third-order valence-corrected chi connectivity index (χ3v) is 3.34. The number of rotatable bonds is 4. The van der Waals surface area contributed by atoms with Gasteiger partial charge in [0.05, 0.1) is 6.54 Å². The van der Waals surface area contributed by atoms with E-state index in [0.717, 1.165) is 44.8 Å². The van der Waals surface area contributed by atoms with Gasteiger partial charge in [-0.1, -0.05) is 12.1 Å². The molecule has 0 bridgehead atoms. The molecule has 1 aromatic heterocycles. The minimum absolute atomic E-state index is 0.278. The summed E-state index contributed by atoms with van der Waals surface area (Å²) < 4.78 is 4.98. The van der Waals surface area contributed by atoms with E-state index in [4.69, 9.17) is 4.52 Å². The monoisotopic (exact) mass is 266 g/mol.